The maximum absolute atomic E-state index is 13.9. The van der Waals surface area contributed by atoms with E-state index in [2.05, 4.69) is 20.5 Å². The Morgan fingerprint density at radius 2 is 1.84 bits per heavy atom. The zero-order valence-electron chi connectivity index (χ0n) is 13.0. The summed E-state index contributed by atoms with van der Waals surface area (Å²) in [5, 5.41) is 12.6. The average Bonchev–Trinajstić information content (AvgIpc) is 3.23. The summed E-state index contributed by atoms with van der Waals surface area (Å²) in [5.74, 6) is -0.111. The normalized spacial score (nSPS) is 11.0. The lowest BCUT2D eigenvalue weighted by molar-refractivity contribution is 0.430. The van der Waals surface area contributed by atoms with Gasteiger partial charge in [-0.25, -0.2) is 9.07 Å². The van der Waals surface area contributed by atoms with E-state index in [1.54, 1.807) is 28.9 Å². The highest BCUT2D eigenvalue weighted by atomic mass is 35.5. The first-order valence-corrected chi connectivity index (χ1v) is 7.79. The van der Waals surface area contributed by atoms with Gasteiger partial charge in [0.15, 0.2) is 5.69 Å². The van der Waals surface area contributed by atoms with Gasteiger partial charge < -0.3 is 4.52 Å². The first-order chi connectivity index (χ1) is 12.1. The number of nitrogens with zero attached hydrogens (tertiary/aromatic N) is 5. The summed E-state index contributed by atoms with van der Waals surface area (Å²) in [6.07, 6.45) is 0. The zero-order chi connectivity index (χ0) is 17.4. The third-order valence-electron chi connectivity index (χ3n) is 3.72. The Labute approximate surface area is 146 Å². The Bertz CT molecular complexity index is 1060. The molecule has 8 heteroatoms. The van der Waals surface area contributed by atoms with Gasteiger partial charge in [0.2, 0.25) is 5.82 Å². The molecule has 4 rings (SSSR count). The molecule has 0 saturated heterocycles. The average molecular weight is 356 g/mol. The lowest BCUT2D eigenvalue weighted by atomic mass is 10.2. The third-order valence-corrected chi connectivity index (χ3v) is 4.04. The van der Waals surface area contributed by atoms with Crippen molar-refractivity contribution in [3.05, 3.63) is 65.1 Å². The van der Waals surface area contributed by atoms with E-state index in [0.29, 0.717) is 22.1 Å². The van der Waals surface area contributed by atoms with E-state index in [-0.39, 0.29) is 17.3 Å². The van der Waals surface area contributed by atoms with Crippen LogP contribution in [0.3, 0.4) is 0 Å². The van der Waals surface area contributed by atoms with E-state index in [9.17, 15) is 4.39 Å². The minimum atomic E-state index is -0.425. The van der Waals surface area contributed by atoms with Crippen LogP contribution in [0, 0.1) is 12.7 Å². The summed E-state index contributed by atoms with van der Waals surface area (Å²) in [5.41, 5.74) is 2.04. The van der Waals surface area contributed by atoms with Gasteiger partial charge in [-0.3, -0.25) is 0 Å². The standard InChI is InChI=1S/C17H11ClFN5O/c1-10-15(21-23-24(10)14-9-5-3-7-12(14)18)17-20-16(22-25-17)11-6-2-4-8-13(11)19/h2-9H,1H3. The number of para-hydroxylation sites is 1. The van der Waals surface area contributed by atoms with Crippen LogP contribution in [0.2, 0.25) is 5.02 Å². The van der Waals surface area contributed by atoms with Crippen molar-refractivity contribution in [1.82, 2.24) is 25.1 Å². The predicted octanol–water partition coefficient (Wildman–Crippen LogP) is 4.09. The third kappa shape index (κ3) is 2.68. The van der Waals surface area contributed by atoms with Gasteiger partial charge in [-0.1, -0.05) is 46.2 Å². The molecule has 0 aliphatic heterocycles. The van der Waals surface area contributed by atoms with Crippen LogP contribution in [-0.2, 0) is 0 Å². The summed E-state index contributed by atoms with van der Waals surface area (Å²) >= 11 is 6.21. The van der Waals surface area contributed by atoms with Crippen LogP contribution in [0.1, 0.15) is 5.69 Å². The molecule has 2 heterocycles. The maximum atomic E-state index is 13.9. The van der Waals surface area contributed by atoms with Crippen LogP contribution in [-0.4, -0.2) is 25.1 Å². The molecule has 0 atom stereocenters. The van der Waals surface area contributed by atoms with Crippen molar-refractivity contribution in [2.45, 2.75) is 6.92 Å². The largest absolute Gasteiger partial charge is 0.332 e. The van der Waals surface area contributed by atoms with E-state index in [0.717, 1.165) is 0 Å². The van der Waals surface area contributed by atoms with Gasteiger partial charge in [-0.15, -0.1) is 5.10 Å². The molecule has 0 bridgehead atoms. The molecule has 0 unspecified atom stereocenters. The van der Waals surface area contributed by atoms with Crippen molar-refractivity contribution in [3.8, 4) is 28.7 Å². The SMILES string of the molecule is Cc1c(-c2nc(-c3ccccc3F)no2)nnn1-c1ccccc1Cl. The highest BCUT2D eigenvalue weighted by Gasteiger charge is 2.20. The molecular formula is C17H11ClFN5O. The Hall–Kier alpha value is -3.06. The minimum Gasteiger partial charge on any atom is -0.332 e. The molecule has 0 N–H and O–H groups in total. The topological polar surface area (TPSA) is 69.6 Å². The van der Waals surface area contributed by atoms with Crippen LogP contribution in [0.15, 0.2) is 53.1 Å². The smallest absolute Gasteiger partial charge is 0.280 e. The molecule has 0 saturated carbocycles. The molecule has 124 valence electrons. The van der Waals surface area contributed by atoms with Crippen molar-refractivity contribution in [1.29, 1.82) is 0 Å². The second kappa shape index (κ2) is 6.10. The molecule has 25 heavy (non-hydrogen) atoms. The Morgan fingerprint density at radius 3 is 2.64 bits per heavy atom. The fourth-order valence-electron chi connectivity index (χ4n) is 2.45. The molecular weight excluding hydrogens is 345 g/mol. The Morgan fingerprint density at radius 1 is 1.08 bits per heavy atom. The molecule has 0 aliphatic rings. The first kappa shape index (κ1) is 15.5. The molecule has 0 radical (unpaired) electrons. The van der Waals surface area contributed by atoms with Crippen LogP contribution in [0.5, 0.6) is 0 Å². The number of aromatic nitrogens is 5. The molecule has 0 spiro atoms. The first-order valence-electron chi connectivity index (χ1n) is 7.41. The molecule has 0 fully saturated rings. The van der Waals surface area contributed by atoms with E-state index in [4.69, 9.17) is 16.1 Å². The second-order valence-electron chi connectivity index (χ2n) is 5.29. The number of rotatable bonds is 3. The quantitative estimate of drug-likeness (QED) is 0.553. The van der Waals surface area contributed by atoms with Crippen molar-refractivity contribution in [2.75, 3.05) is 0 Å². The van der Waals surface area contributed by atoms with Gasteiger partial charge in [0.25, 0.3) is 5.89 Å². The van der Waals surface area contributed by atoms with Crippen LogP contribution >= 0.6 is 11.6 Å². The molecule has 6 nitrogen and oxygen atoms in total. The van der Waals surface area contributed by atoms with Crippen molar-refractivity contribution < 1.29 is 8.91 Å². The van der Waals surface area contributed by atoms with Crippen LogP contribution in [0.25, 0.3) is 28.7 Å². The number of hydrogen-bond donors (Lipinski definition) is 0. The maximum Gasteiger partial charge on any atom is 0.280 e. The van der Waals surface area contributed by atoms with Crippen LogP contribution in [0.4, 0.5) is 4.39 Å². The van der Waals surface area contributed by atoms with E-state index in [1.807, 2.05) is 25.1 Å². The summed E-state index contributed by atoms with van der Waals surface area (Å²) in [4.78, 5) is 4.24. The van der Waals surface area contributed by atoms with Gasteiger partial charge >= 0.3 is 0 Å². The Balaban J connectivity index is 1.75. The Kier molecular flexibility index (Phi) is 3.77. The summed E-state index contributed by atoms with van der Waals surface area (Å²) in [7, 11) is 0. The summed E-state index contributed by atoms with van der Waals surface area (Å²) < 4.78 is 20.7. The lowest BCUT2D eigenvalue weighted by Gasteiger charge is -2.04. The summed E-state index contributed by atoms with van der Waals surface area (Å²) in [6, 6.07) is 13.5. The number of halogens is 2. The van der Waals surface area contributed by atoms with E-state index < -0.39 is 5.82 Å². The molecule has 2 aromatic carbocycles. The van der Waals surface area contributed by atoms with Gasteiger partial charge in [0.05, 0.1) is 22.0 Å². The van der Waals surface area contributed by atoms with Crippen molar-refractivity contribution >= 4 is 11.6 Å². The predicted molar refractivity (Wildman–Crippen MR) is 89.8 cm³/mol. The molecule has 4 aromatic rings. The van der Waals surface area contributed by atoms with Gasteiger partial charge in [0, 0.05) is 0 Å². The number of hydrogen-bond acceptors (Lipinski definition) is 5. The van der Waals surface area contributed by atoms with Crippen molar-refractivity contribution in [2.24, 2.45) is 0 Å². The summed E-state index contributed by atoms with van der Waals surface area (Å²) in [6.45, 7) is 1.81. The zero-order valence-corrected chi connectivity index (χ0v) is 13.8. The fourth-order valence-corrected chi connectivity index (χ4v) is 2.67. The van der Waals surface area contributed by atoms with Gasteiger partial charge in [-0.05, 0) is 31.2 Å². The van der Waals surface area contributed by atoms with E-state index >= 15 is 0 Å². The monoisotopic (exact) mass is 355 g/mol. The highest BCUT2D eigenvalue weighted by molar-refractivity contribution is 6.32. The second-order valence-corrected chi connectivity index (χ2v) is 5.70. The number of benzene rings is 2. The molecule has 2 aromatic heterocycles. The van der Waals surface area contributed by atoms with Crippen LogP contribution < -0.4 is 0 Å². The fraction of sp³-hybridized carbons (Fsp3) is 0.0588. The highest BCUT2D eigenvalue weighted by Crippen LogP contribution is 2.27. The molecule has 0 aliphatic carbocycles. The minimum absolute atomic E-state index is 0.153. The van der Waals surface area contributed by atoms with Crippen molar-refractivity contribution in [3.63, 3.8) is 0 Å². The molecule has 0 amide bonds. The lowest BCUT2D eigenvalue weighted by Crippen LogP contribution is -1.99. The van der Waals surface area contributed by atoms with Gasteiger partial charge in [-0.2, -0.15) is 4.98 Å². The van der Waals surface area contributed by atoms with E-state index in [1.165, 1.54) is 6.07 Å². The van der Waals surface area contributed by atoms with Gasteiger partial charge in [0.1, 0.15) is 5.82 Å².